The Balaban J connectivity index is 1.44. The van der Waals surface area contributed by atoms with Crippen molar-refractivity contribution in [2.45, 2.75) is 13.1 Å². The van der Waals surface area contributed by atoms with E-state index in [1.165, 1.54) is 23.5 Å². The van der Waals surface area contributed by atoms with Gasteiger partial charge in [0.15, 0.2) is 11.6 Å². The third-order valence-corrected chi connectivity index (χ3v) is 6.21. The van der Waals surface area contributed by atoms with E-state index in [2.05, 4.69) is 20.6 Å². The molecule has 0 aliphatic rings. The minimum absolute atomic E-state index is 0.0942. The number of halogens is 3. The van der Waals surface area contributed by atoms with Gasteiger partial charge in [-0.3, -0.25) is 4.79 Å². The Labute approximate surface area is 207 Å². The second-order valence-electron chi connectivity index (χ2n) is 7.99. The monoisotopic (exact) mass is 505 g/mol. The molecule has 0 bridgehead atoms. The van der Waals surface area contributed by atoms with Crippen LogP contribution in [0.25, 0.3) is 21.6 Å². The second kappa shape index (κ2) is 9.38. The maximum absolute atomic E-state index is 13.0. The largest absolute Gasteiger partial charge is 0.416 e. The van der Waals surface area contributed by atoms with Gasteiger partial charge in [-0.05, 0) is 66.4 Å². The SMILES string of the molecule is Cc1ccnc(Nc2nc(-c3cccc(NC(=O)c4cccc(C(F)(F)F)c4)c3)nc3ccsc23)c1. The molecule has 0 aliphatic heterocycles. The smallest absolute Gasteiger partial charge is 0.324 e. The number of fused-ring (bicyclic) bond motifs is 1. The first kappa shape index (κ1) is 23.4. The van der Waals surface area contributed by atoms with Crippen LogP contribution in [0.3, 0.4) is 0 Å². The van der Waals surface area contributed by atoms with E-state index in [1.54, 1.807) is 30.5 Å². The lowest BCUT2D eigenvalue weighted by molar-refractivity contribution is -0.137. The Bertz CT molecular complexity index is 1580. The molecular formula is C26H18F3N5OS. The fraction of sp³-hybridized carbons (Fsp3) is 0.0769. The van der Waals surface area contributed by atoms with Gasteiger partial charge in [-0.25, -0.2) is 15.0 Å². The number of carbonyl (C=O) groups excluding carboxylic acids is 1. The number of aromatic nitrogens is 3. The van der Waals surface area contributed by atoms with Crippen molar-refractivity contribution in [3.63, 3.8) is 0 Å². The lowest BCUT2D eigenvalue weighted by atomic mass is 10.1. The van der Waals surface area contributed by atoms with E-state index in [-0.39, 0.29) is 5.56 Å². The molecule has 2 aromatic carbocycles. The van der Waals surface area contributed by atoms with E-state index in [1.807, 2.05) is 30.5 Å². The van der Waals surface area contributed by atoms with Crippen molar-refractivity contribution in [3.05, 3.63) is 95.0 Å². The molecule has 3 aromatic heterocycles. The lowest BCUT2D eigenvalue weighted by Gasteiger charge is -2.11. The summed E-state index contributed by atoms with van der Waals surface area (Å²) < 4.78 is 39.9. The maximum atomic E-state index is 13.0. The van der Waals surface area contributed by atoms with Crippen molar-refractivity contribution in [1.29, 1.82) is 0 Å². The highest BCUT2D eigenvalue weighted by atomic mass is 32.1. The van der Waals surface area contributed by atoms with Crippen molar-refractivity contribution in [2.75, 3.05) is 10.6 Å². The van der Waals surface area contributed by atoms with Gasteiger partial charge >= 0.3 is 6.18 Å². The molecule has 5 aromatic rings. The van der Waals surface area contributed by atoms with Crippen molar-refractivity contribution >= 4 is 44.8 Å². The molecule has 0 saturated heterocycles. The average molecular weight is 506 g/mol. The molecule has 36 heavy (non-hydrogen) atoms. The van der Waals surface area contributed by atoms with Crippen LogP contribution in [0.5, 0.6) is 0 Å². The molecule has 0 aliphatic carbocycles. The number of nitrogens with one attached hydrogen (secondary N) is 2. The topological polar surface area (TPSA) is 79.8 Å². The summed E-state index contributed by atoms with van der Waals surface area (Å²) in [5.41, 5.74) is 1.85. The van der Waals surface area contributed by atoms with Crippen LogP contribution in [0.1, 0.15) is 21.5 Å². The standard InChI is InChI=1S/C26H18F3N5OS/c1-15-8-10-30-21(12-15)33-24-22-20(9-11-36-22)32-23(34-24)16-4-3-7-19(14-16)31-25(35)17-5-2-6-18(13-17)26(27,28)29/h2-14H,1H3,(H,31,35)(H,30,32,33,34). The molecule has 5 rings (SSSR count). The second-order valence-corrected chi connectivity index (χ2v) is 8.90. The number of carbonyl (C=O) groups is 1. The van der Waals surface area contributed by atoms with Gasteiger partial charge in [-0.2, -0.15) is 13.2 Å². The molecule has 180 valence electrons. The zero-order valence-corrected chi connectivity index (χ0v) is 19.6. The van der Waals surface area contributed by atoms with E-state index in [4.69, 9.17) is 4.98 Å². The zero-order chi connectivity index (χ0) is 25.3. The van der Waals surface area contributed by atoms with Crippen LogP contribution in [0, 0.1) is 6.92 Å². The Morgan fingerprint density at radius 2 is 1.81 bits per heavy atom. The van der Waals surface area contributed by atoms with Crippen LogP contribution in [0.15, 0.2) is 78.3 Å². The molecule has 2 N–H and O–H groups in total. The summed E-state index contributed by atoms with van der Waals surface area (Å²) in [4.78, 5) is 26.3. The van der Waals surface area contributed by atoms with Gasteiger partial charge in [0.25, 0.3) is 5.91 Å². The van der Waals surface area contributed by atoms with Gasteiger partial charge in [-0.1, -0.05) is 18.2 Å². The molecule has 3 heterocycles. The highest BCUT2D eigenvalue weighted by Gasteiger charge is 2.30. The highest BCUT2D eigenvalue weighted by molar-refractivity contribution is 7.17. The summed E-state index contributed by atoms with van der Waals surface area (Å²) in [5.74, 6) is 1.02. The molecule has 6 nitrogen and oxygen atoms in total. The van der Waals surface area contributed by atoms with Gasteiger partial charge in [0.05, 0.1) is 15.8 Å². The first-order valence-corrected chi connectivity index (χ1v) is 11.7. The molecule has 0 spiro atoms. The number of anilines is 3. The molecule has 0 radical (unpaired) electrons. The number of rotatable bonds is 5. The third kappa shape index (κ3) is 5.03. The summed E-state index contributed by atoms with van der Waals surface area (Å²) in [6, 6.07) is 16.8. The summed E-state index contributed by atoms with van der Waals surface area (Å²) in [7, 11) is 0. The summed E-state index contributed by atoms with van der Waals surface area (Å²) in [5, 5.41) is 7.83. The predicted octanol–water partition coefficient (Wildman–Crippen LogP) is 7.08. The van der Waals surface area contributed by atoms with Crippen LogP contribution >= 0.6 is 11.3 Å². The van der Waals surface area contributed by atoms with Crippen LogP contribution in [-0.2, 0) is 6.18 Å². The summed E-state index contributed by atoms with van der Waals surface area (Å²) >= 11 is 1.50. The maximum Gasteiger partial charge on any atom is 0.416 e. The van der Waals surface area contributed by atoms with E-state index >= 15 is 0 Å². The van der Waals surface area contributed by atoms with Crippen molar-refractivity contribution in [2.24, 2.45) is 0 Å². The van der Waals surface area contributed by atoms with E-state index in [9.17, 15) is 18.0 Å². The molecule has 0 atom stereocenters. The molecule has 0 fully saturated rings. The Kier molecular flexibility index (Phi) is 6.11. The summed E-state index contributed by atoms with van der Waals surface area (Å²) in [6.07, 6.45) is -2.82. The first-order chi connectivity index (χ1) is 17.3. The van der Waals surface area contributed by atoms with Crippen LogP contribution in [0.2, 0.25) is 0 Å². The van der Waals surface area contributed by atoms with Gasteiger partial charge in [0, 0.05) is 23.0 Å². The zero-order valence-electron chi connectivity index (χ0n) is 18.8. The number of hydrogen-bond donors (Lipinski definition) is 2. The normalized spacial score (nSPS) is 11.4. The lowest BCUT2D eigenvalue weighted by Crippen LogP contribution is -2.14. The Morgan fingerprint density at radius 3 is 2.61 bits per heavy atom. The molecular weight excluding hydrogens is 487 g/mol. The predicted molar refractivity (Wildman–Crippen MR) is 135 cm³/mol. The number of pyridine rings is 1. The number of nitrogens with zero attached hydrogens (tertiary/aromatic N) is 3. The number of alkyl halides is 3. The Morgan fingerprint density at radius 1 is 0.972 bits per heavy atom. The molecule has 1 amide bonds. The van der Waals surface area contributed by atoms with Crippen LogP contribution < -0.4 is 10.6 Å². The molecule has 0 saturated carbocycles. The number of thiophene rings is 1. The highest BCUT2D eigenvalue weighted by Crippen LogP contribution is 2.32. The van der Waals surface area contributed by atoms with Crippen LogP contribution in [0.4, 0.5) is 30.5 Å². The quantitative estimate of drug-likeness (QED) is 0.267. The molecule has 0 unspecified atom stereocenters. The fourth-order valence-corrected chi connectivity index (χ4v) is 4.35. The first-order valence-electron chi connectivity index (χ1n) is 10.8. The molecule has 10 heteroatoms. The van der Waals surface area contributed by atoms with Crippen molar-refractivity contribution in [1.82, 2.24) is 15.0 Å². The van der Waals surface area contributed by atoms with Crippen molar-refractivity contribution in [3.8, 4) is 11.4 Å². The van der Waals surface area contributed by atoms with Gasteiger partial charge in [-0.15, -0.1) is 11.3 Å². The third-order valence-electron chi connectivity index (χ3n) is 5.30. The number of benzene rings is 2. The number of hydrogen-bond acceptors (Lipinski definition) is 6. The summed E-state index contributed by atoms with van der Waals surface area (Å²) in [6.45, 7) is 1.97. The van der Waals surface area contributed by atoms with Crippen molar-refractivity contribution < 1.29 is 18.0 Å². The van der Waals surface area contributed by atoms with E-state index < -0.39 is 17.6 Å². The average Bonchev–Trinajstić information content (AvgIpc) is 3.33. The fourth-order valence-electron chi connectivity index (χ4n) is 3.58. The van der Waals surface area contributed by atoms with E-state index in [0.29, 0.717) is 28.7 Å². The minimum Gasteiger partial charge on any atom is -0.324 e. The van der Waals surface area contributed by atoms with Crippen LogP contribution in [-0.4, -0.2) is 20.9 Å². The number of aryl methyl sites for hydroxylation is 1. The minimum atomic E-state index is -4.53. The van der Waals surface area contributed by atoms with E-state index in [0.717, 1.165) is 27.9 Å². The van der Waals surface area contributed by atoms with Gasteiger partial charge < -0.3 is 10.6 Å². The Hall–Kier alpha value is -4.31. The number of amides is 1. The van der Waals surface area contributed by atoms with Gasteiger partial charge in [0.2, 0.25) is 0 Å². The van der Waals surface area contributed by atoms with Gasteiger partial charge in [0.1, 0.15) is 5.82 Å².